The van der Waals surface area contributed by atoms with Crippen LogP contribution in [0.2, 0.25) is 0 Å². The van der Waals surface area contributed by atoms with Gasteiger partial charge in [-0.15, -0.1) is 0 Å². The molecule has 56 heavy (non-hydrogen) atoms. The predicted octanol–water partition coefficient (Wildman–Crippen LogP) is 1.29. The monoisotopic (exact) mass is 796 g/mol. The molecule has 5 aliphatic carbocycles. The van der Waals surface area contributed by atoms with Crippen molar-refractivity contribution >= 4 is 5.97 Å². The summed E-state index contributed by atoms with van der Waals surface area (Å²) in [5.74, 6) is -0.449. The number of esters is 1. The van der Waals surface area contributed by atoms with Crippen LogP contribution >= 0.6 is 0 Å². The van der Waals surface area contributed by atoms with Gasteiger partial charge in [-0.25, -0.2) is 0 Å². The van der Waals surface area contributed by atoms with E-state index < -0.39 is 97.5 Å². The molecule has 0 bridgehead atoms. The van der Waals surface area contributed by atoms with E-state index in [9.17, 15) is 50.8 Å². The summed E-state index contributed by atoms with van der Waals surface area (Å²) in [4.78, 5) is 14.8. The lowest BCUT2D eigenvalue weighted by Crippen LogP contribution is -2.68. The topological polar surface area (TPSA) is 236 Å². The first-order valence-electron chi connectivity index (χ1n) is 20.9. The molecule has 2 saturated heterocycles. The molecule has 0 aromatic heterocycles. The molecule has 4 saturated carbocycles. The molecule has 7 rings (SSSR count). The predicted molar refractivity (Wildman–Crippen MR) is 199 cm³/mol. The molecule has 7 aliphatic rings. The summed E-state index contributed by atoms with van der Waals surface area (Å²) in [5.41, 5.74) is -1.17. The smallest absolute Gasteiger partial charge is 0.317 e. The van der Waals surface area contributed by atoms with Gasteiger partial charge in [0, 0.05) is 0 Å². The standard InChI is InChI=1S/C42H68O14/c1-37(2)14-15-42(36(52)56-35-32(51)30(49)33(23(19-44)54-35)55-34-31(50)29(48)28(47)22(18-43)53-34)21(16-37)20-8-9-25-39(5)12-11-26(45)38(3,4)24(39)10-13-40(25,6)41(20,7)17-27(42)46/h8,21-35,43-51H,9-19H2,1-7H3/t21-,22?,23?,24-,25+,26-,27?,28+,29+,30-,31?,32?,33-,34+,35+,39-,40+,41+,42+/m0/s1. The summed E-state index contributed by atoms with van der Waals surface area (Å²) >= 11 is 0. The van der Waals surface area contributed by atoms with E-state index in [-0.39, 0.29) is 33.7 Å². The van der Waals surface area contributed by atoms with Crippen LogP contribution in [0.5, 0.6) is 0 Å². The van der Waals surface area contributed by atoms with Crippen molar-refractivity contribution < 1.29 is 69.7 Å². The van der Waals surface area contributed by atoms with E-state index >= 15 is 0 Å². The van der Waals surface area contributed by atoms with E-state index in [1.54, 1.807) is 0 Å². The fourth-order valence-electron chi connectivity index (χ4n) is 13.6. The summed E-state index contributed by atoms with van der Waals surface area (Å²) in [6.45, 7) is 14.4. The molecule has 5 unspecified atom stereocenters. The third-order valence-electron chi connectivity index (χ3n) is 17.2. The molecule has 0 spiro atoms. The van der Waals surface area contributed by atoms with Crippen LogP contribution in [0.4, 0.5) is 0 Å². The summed E-state index contributed by atoms with van der Waals surface area (Å²) in [6.07, 6.45) is -9.35. The van der Waals surface area contributed by atoms with Gasteiger partial charge in [-0.3, -0.25) is 4.79 Å². The Morgan fingerprint density at radius 3 is 2.02 bits per heavy atom. The molecule has 9 N–H and O–H groups in total. The highest BCUT2D eigenvalue weighted by Gasteiger charge is 2.72. The number of carbonyl (C=O) groups is 1. The number of fused-ring (bicyclic) bond motifs is 7. The van der Waals surface area contributed by atoms with E-state index in [1.807, 2.05) is 0 Å². The van der Waals surface area contributed by atoms with Crippen molar-refractivity contribution in [1.82, 2.24) is 0 Å². The summed E-state index contributed by atoms with van der Waals surface area (Å²) in [7, 11) is 0. The first-order valence-corrected chi connectivity index (χ1v) is 20.9. The minimum absolute atomic E-state index is 0.00601. The van der Waals surface area contributed by atoms with Crippen molar-refractivity contribution in [2.45, 2.75) is 180 Å². The molecular weight excluding hydrogens is 728 g/mol. The minimum atomic E-state index is -1.89. The number of ether oxygens (including phenoxy) is 4. The van der Waals surface area contributed by atoms with Crippen LogP contribution in [0.15, 0.2) is 11.6 Å². The highest BCUT2D eigenvalue weighted by atomic mass is 16.7. The first-order chi connectivity index (χ1) is 26.0. The second kappa shape index (κ2) is 14.4. The van der Waals surface area contributed by atoms with Crippen molar-refractivity contribution in [3.05, 3.63) is 11.6 Å². The highest BCUT2D eigenvalue weighted by Crippen LogP contribution is 2.76. The maximum absolute atomic E-state index is 14.8. The van der Waals surface area contributed by atoms with E-state index in [2.05, 4.69) is 54.5 Å². The molecule has 14 nitrogen and oxygen atoms in total. The Kier molecular flexibility index (Phi) is 11.0. The number of rotatable bonds is 6. The molecule has 0 amide bonds. The zero-order valence-corrected chi connectivity index (χ0v) is 34.1. The van der Waals surface area contributed by atoms with Gasteiger partial charge in [0.1, 0.15) is 54.2 Å². The molecule has 19 atom stereocenters. The molecule has 14 heteroatoms. The molecule has 6 fully saturated rings. The van der Waals surface area contributed by atoms with Crippen LogP contribution in [-0.2, 0) is 23.7 Å². The number of hydrogen-bond acceptors (Lipinski definition) is 14. The van der Waals surface area contributed by atoms with Crippen LogP contribution in [0.3, 0.4) is 0 Å². The van der Waals surface area contributed by atoms with Crippen molar-refractivity contribution in [3.63, 3.8) is 0 Å². The highest BCUT2D eigenvalue weighted by molar-refractivity contribution is 5.80. The fourth-order valence-corrected chi connectivity index (χ4v) is 13.6. The second-order valence-corrected chi connectivity index (χ2v) is 20.8. The molecule has 0 aromatic carbocycles. The Labute approximate surface area is 330 Å². The molecule has 0 radical (unpaired) electrons. The van der Waals surface area contributed by atoms with E-state index in [4.69, 9.17) is 18.9 Å². The van der Waals surface area contributed by atoms with Gasteiger partial charge in [0.25, 0.3) is 0 Å². The minimum Gasteiger partial charge on any atom is -0.432 e. The maximum atomic E-state index is 14.8. The van der Waals surface area contributed by atoms with Crippen LogP contribution in [0.25, 0.3) is 0 Å². The number of hydrogen-bond donors (Lipinski definition) is 9. The molecule has 0 aromatic rings. The van der Waals surface area contributed by atoms with Crippen molar-refractivity contribution in [3.8, 4) is 0 Å². The summed E-state index contributed by atoms with van der Waals surface area (Å²) in [5, 5.41) is 97.1. The third kappa shape index (κ3) is 6.13. The second-order valence-electron chi connectivity index (χ2n) is 20.8. The van der Waals surface area contributed by atoms with E-state index in [0.29, 0.717) is 37.5 Å². The lowest BCUT2D eigenvalue weighted by atomic mass is 9.33. The SMILES string of the molecule is CC1(C)CC[C@]2(C(=O)O[C@H]3OC(CO)[C@H](O[C@H]4OC(CO)[C@@H](O)[C@@H](O)C4O)[C@@H](O)C3O)C(O)C[C@]3(C)C(=CC[C@@H]4[C@@]5(C)CC[C@H](O)C(C)(C)[C@@H]5CC[C@]43C)[C@@H]2C1. The Morgan fingerprint density at radius 2 is 1.36 bits per heavy atom. The largest absolute Gasteiger partial charge is 0.432 e. The van der Waals surface area contributed by atoms with Gasteiger partial charge < -0.3 is 64.9 Å². The van der Waals surface area contributed by atoms with Crippen LogP contribution in [0.1, 0.15) is 106 Å². The number of aliphatic hydroxyl groups excluding tert-OH is 9. The molecular formula is C42H68O14. The van der Waals surface area contributed by atoms with Gasteiger partial charge in [-0.1, -0.05) is 60.1 Å². The van der Waals surface area contributed by atoms with Gasteiger partial charge >= 0.3 is 5.97 Å². The van der Waals surface area contributed by atoms with Gasteiger partial charge in [-0.05, 0) is 103 Å². The Balaban J connectivity index is 1.16. The Morgan fingerprint density at radius 1 is 0.714 bits per heavy atom. The lowest BCUT2D eigenvalue weighted by molar-refractivity contribution is -0.357. The quantitative estimate of drug-likeness (QED) is 0.136. The zero-order chi connectivity index (χ0) is 41.1. The number of aliphatic hydroxyl groups is 9. The molecule has 2 heterocycles. The summed E-state index contributed by atoms with van der Waals surface area (Å²) in [6, 6.07) is 0. The number of allylic oxidation sites excluding steroid dienone is 2. The van der Waals surface area contributed by atoms with Gasteiger partial charge in [0.05, 0.1) is 25.4 Å². The van der Waals surface area contributed by atoms with Crippen molar-refractivity contribution in [1.29, 1.82) is 0 Å². The zero-order valence-electron chi connectivity index (χ0n) is 34.1. The average Bonchev–Trinajstić information content (AvgIpc) is 3.13. The number of carbonyl (C=O) groups excluding carboxylic acids is 1. The van der Waals surface area contributed by atoms with Crippen molar-refractivity contribution in [2.24, 2.45) is 50.2 Å². The van der Waals surface area contributed by atoms with E-state index in [1.165, 1.54) is 5.57 Å². The third-order valence-corrected chi connectivity index (χ3v) is 17.2. The molecule has 2 aliphatic heterocycles. The normalized spacial score (nSPS) is 53.7. The van der Waals surface area contributed by atoms with Gasteiger partial charge in [0.2, 0.25) is 6.29 Å². The van der Waals surface area contributed by atoms with Crippen LogP contribution in [0, 0.1) is 50.2 Å². The fraction of sp³-hybridized carbons (Fsp3) is 0.929. The van der Waals surface area contributed by atoms with E-state index in [0.717, 1.165) is 32.1 Å². The van der Waals surface area contributed by atoms with Crippen LogP contribution in [-0.4, -0.2) is 139 Å². The maximum Gasteiger partial charge on any atom is 0.317 e. The lowest BCUT2D eigenvalue weighted by Gasteiger charge is -2.71. The Bertz CT molecular complexity index is 1520. The van der Waals surface area contributed by atoms with Gasteiger partial charge in [0.15, 0.2) is 6.29 Å². The summed E-state index contributed by atoms with van der Waals surface area (Å²) < 4.78 is 23.0. The Hall–Kier alpha value is -1.27. The average molecular weight is 797 g/mol. The molecule has 320 valence electrons. The van der Waals surface area contributed by atoms with Crippen LogP contribution < -0.4 is 0 Å². The van der Waals surface area contributed by atoms with Gasteiger partial charge in [-0.2, -0.15) is 0 Å². The first kappa shape index (κ1) is 42.8. The van der Waals surface area contributed by atoms with Crippen molar-refractivity contribution in [2.75, 3.05) is 13.2 Å².